The summed E-state index contributed by atoms with van der Waals surface area (Å²) in [7, 11) is 0. The van der Waals surface area contributed by atoms with Gasteiger partial charge in [-0.25, -0.2) is 9.36 Å². The first-order valence-corrected chi connectivity index (χ1v) is 7.75. The van der Waals surface area contributed by atoms with Crippen LogP contribution in [-0.2, 0) is 10.6 Å². The highest BCUT2D eigenvalue weighted by Gasteiger charge is 2.22. The molecule has 0 amide bonds. The van der Waals surface area contributed by atoms with Crippen LogP contribution < -0.4 is 0 Å². The number of rotatable bonds is 1. The molecule has 4 heteroatoms. The lowest BCUT2D eigenvalue weighted by Gasteiger charge is -2.20. The molecule has 0 radical (unpaired) electrons. The van der Waals surface area contributed by atoms with E-state index in [1.807, 2.05) is 63.2 Å². The second-order valence-corrected chi connectivity index (χ2v) is 6.59. The van der Waals surface area contributed by atoms with Crippen LogP contribution in [0.4, 0.5) is 4.79 Å². The van der Waals surface area contributed by atoms with Gasteiger partial charge in [0, 0.05) is 16.7 Å². The van der Waals surface area contributed by atoms with Crippen molar-refractivity contribution in [1.82, 2.24) is 4.57 Å². The molecule has 22 heavy (non-hydrogen) atoms. The molecule has 3 aromatic rings. The Balaban J connectivity index is 2.29. The molecule has 0 aliphatic rings. The first-order chi connectivity index (χ1) is 10.4. The molecule has 0 aliphatic carbocycles. The number of ether oxygens (including phenoxy) is 1. The highest BCUT2D eigenvalue weighted by Crippen LogP contribution is 2.30. The SMILES string of the molecule is CC(C)(C)OC(=O)n1c2ccccc2c2cc(CCl)ccc21. The minimum atomic E-state index is -0.537. The largest absolute Gasteiger partial charge is 0.443 e. The van der Waals surface area contributed by atoms with E-state index in [-0.39, 0.29) is 6.09 Å². The van der Waals surface area contributed by atoms with Crippen molar-refractivity contribution in [2.45, 2.75) is 32.3 Å². The zero-order chi connectivity index (χ0) is 15.9. The molecule has 3 nitrogen and oxygen atoms in total. The molecule has 114 valence electrons. The summed E-state index contributed by atoms with van der Waals surface area (Å²) in [6, 6.07) is 13.7. The minimum absolute atomic E-state index is 0.364. The van der Waals surface area contributed by atoms with Gasteiger partial charge in [0.05, 0.1) is 11.0 Å². The smallest absolute Gasteiger partial charge is 0.419 e. The standard InChI is InChI=1S/C18H18ClNO2/c1-18(2,3)22-17(21)20-15-7-5-4-6-13(15)14-10-12(11-19)8-9-16(14)20/h4-10H,11H2,1-3H3. The van der Waals surface area contributed by atoms with Crippen LogP contribution in [-0.4, -0.2) is 16.3 Å². The Morgan fingerprint density at radius 3 is 2.45 bits per heavy atom. The molecule has 0 saturated heterocycles. The van der Waals surface area contributed by atoms with Crippen LogP contribution in [0.5, 0.6) is 0 Å². The maximum Gasteiger partial charge on any atom is 0.419 e. The summed E-state index contributed by atoms with van der Waals surface area (Å²) in [5, 5.41) is 2.04. The first-order valence-electron chi connectivity index (χ1n) is 7.22. The van der Waals surface area contributed by atoms with Crippen molar-refractivity contribution in [3.05, 3.63) is 48.0 Å². The van der Waals surface area contributed by atoms with E-state index in [2.05, 4.69) is 0 Å². The number of halogens is 1. The van der Waals surface area contributed by atoms with Gasteiger partial charge in [-0.1, -0.05) is 24.3 Å². The maximum atomic E-state index is 12.6. The molecule has 1 aromatic heterocycles. The van der Waals surface area contributed by atoms with Gasteiger partial charge in [0.2, 0.25) is 0 Å². The summed E-state index contributed by atoms with van der Waals surface area (Å²) in [6.07, 6.45) is -0.364. The average Bonchev–Trinajstić information content (AvgIpc) is 2.79. The molecule has 0 saturated carbocycles. The summed E-state index contributed by atoms with van der Waals surface area (Å²) >= 11 is 5.94. The summed E-state index contributed by atoms with van der Waals surface area (Å²) in [5.74, 6) is 0.446. The van der Waals surface area contributed by atoms with Gasteiger partial charge in [-0.15, -0.1) is 11.6 Å². The Morgan fingerprint density at radius 1 is 1.09 bits per heavy atom. The first kappa shape index (κ1) is 14.9. The van der Waals surface area contributed by atoms with Gasteiger partial charge >= 0.3 is 6.09 Å². The number of benzene rings is 2. The van der Waals surface area contributed by atoms with E-state index in [1.54, 1.807) is 4.57 Å². The van der Waals surface area contributed by atoms with Crippen LogP contribution in [0.15, 0.2) is 42.5 Å². The fourth-order valence-corrected chi connectivity index (χ4v) is 2.77. The third-order valence-corrected chi connectivity index (χ3v) is 3.78. The lowest BCUT2D eigenvalue weighted by atomic mass is 10.1. The van der Waals surface area contributed by atoms with Crippen LogP contribution in [0, 0.1) is 0 Å². The average molecular weight is 316 g/mol. The Morgan fingerprint density at radius 2 is 1.77 bits per heavy atom. The van der Waals surface area contributed by atoms with E-state index in [1.165, 1.54) is 0 Å². The van der Waals surface area contributed by atoms with Gasteiger partial charge in [0.15, 0.2) is 0 Å². The monoisotopic (exact) mass is 315 g/mol. The van der Waals surface area contributed by atoms with E-state index >= 15 is 0 Å². The summed E-state index contributed by atoms with van der Waals surface area (Å²) in [5.41, 5.74) is 2.18. The maximum absolute atomic E-state index is 12.6. The molecule has 1 heterocycles. The van der Waals surface area contributed by atoms with E-state index in [9.17, 15) is 4.79 Å². The molecule has 0 fully saturated rings. The van der Waals surface area contributed by atoms with Gasteiger partial charge in [0.1, 0.15) is 5.60 Å². The van der Waals surface area contributed by atoms with Crippen molar-refractivity contribution in [2.24, 2.45) is 0 Å². The van der Waals surface area contributed by atoms with Crippen LogP contribution >= 0.6 is 11.6 Å². The molecular formula is C18H18ClNO2. The summed E-state index contributed by atoms with van der Waals surface area (Å²) < 4.78 is 7.19. The summed E-state index contributed by atoms with van der Waals surface area (Å²) in [4.78, 5) is 12.6. The molecule has 0 spiro atoms. The van der Waals surface area contributed by atoms with Crippen molar-refractivity contribution >= 4 is 39.5 Å². The van der Waals surface area contributed by atoms with Crippen molar-refractivity contribution in [3.63, 3.8) is 0 Å². The number of aromatic nitrogens is 1. The number of hydrogen-bond acceptors (Lipinski definition) is 2. The number of hydrogen-bond donors (Lipinski definition) is 0. The normalized spacial score (nSPS) is 12.0. The second-order valence-electron chi connectivity index (χ2n) is 6.32. The number of alkyl halides is 1. The topological polar surface area (TPSA) is 31.2 Å². The molecular weight excluding hydrogens is 298 g/mol. The van der Waals surface area contributed by atoms with E-state index < -0.39 is 5.60 Å². The highest BCUT2D eigenvalue weighted by molar-refractivity contribution is 6.18. The molecule has 0 bridgehead atoms. The van der Waals surface area contributed by atoms with E-state index in [4.69, 9.17) is 16.3 Å². The van der Waals surface area contributed by atoms with Gasteiger partial charge < -0.3 is 4.74 Å². The third kappa shape index (κ3) is 2.57. The lowest BCUT2D eigenvalue weighted by Crippen LogP contribution is -2.27. The highest BCUT2D eigenvalue weighted by atomic mass is 35.5. The summed E-state index contributed by atoms with van der Waals surface area (Å²) in [6.45, 7) is 5.60. The molecule has 3 rings (SSSR count). The predicted octanol–water partition coefficient (Wildman–Crippen LogP) is 5.32. The van der Waals surface area contributed by atoms with Crippen LogP contribution in [0.1, 0.15) is 26.3 Å². The molecule has 2 aromatic carbocycles. The van der Waals surface area contributed by atoms with Gasteiger partial charge in [-0.2, -0.15) is 0 Å². The number of nitrogens with zero attached hydrogens (tertiary/aromatic N) is 1. The van der Waals surface area contributed by atoms with Crippen LogP contribution in [0.25, 0.3) is 21.8 Å². The fraction of sp³-hybridized carbons (Fsp3) is 0.278. The zero-order valence-corrected chi connectivity index (χ0v) is 13.6. The van der Waals surface area contributed by atoms with Crippen molar-refractivity contribution in [2.75, 3.05) is 0 Å². The fourth-order valence-electron chi connectivity index (χ4n) is 2.61. The van der Waals surface area contributed by atoms with Gasteiger partial charge in [0.25, 0.3) is 0 Å². The number of carbonyl (C=O) groups is 1. The molecule has 0 atom stereocenters. The molecule has 0 N–H and O–H groups in total. The van der Waals surface area contributed by atoms with Gasteiger partial charge in [-0.3, -0.25) is 0 Å². The van der Waals surface area contributed by atoms with Crippen LogP contribution in [0.3, 0.4) is 0 Å². The van der Waals surface area contributed by atoms with E-state index in [0.29, 0.717) is 5.88 Å². The Bertz CT molecular complexity index is 859. The minimum Gasteiger partial charge on any atom is -0.443 e. The van der Waals surface area contributed by atoms with Gasteiger partial charge in [-0.05, 0) is 44.5 Å². The Labute approximate surface area is 134 Å². The zero-order valence-electron chi connectivity index (χ0n) is 12.9. The van der Waals surface area contributed by atoms with E-state index in [0.717, 1.165) is 27.4 Å². The third-order valence-electron chi connectivity index (χ3n) is 3.47. The molecule has 0 unspecified atom stereocenters. The quantitative estimate of drug-likeness (QED) is 0.569. The second kappa shape index (κ2) is 5.33. The molecule has 0 aliphatic heterocycles. The van der Waals surface area contributed by atoms with Crippen molar-refractivity contribution < 1.29 is 9.53 Å². The number of para-hydroxylation sites is 1. The lowest BCUT2D eigenvalue weighted by molar-refractivity contribution is 0.0551. The van der Waals surface area contributed by atoms with Crippen molar-refractivity contribution in [1.29, 1.82) is 0 Å². The Kier molecular flexibility index (Phi) is 3.61. The predicted molar refractivity (Wildman–Crippen MR) is 90.6 cm³/mol. The number of carbonyl (C=O) groups excluding carboxylic acids is 1. The number of fused-ring (bicyclic) bond motifs is 3. The van der Waals surface area contributed by atoms with Crippen LogP contribution in [0.2, 0.25) is 0 Å². The van der Waals surface area contributed by atoms with Crippen molar-refractivity contribution in [3.8, 4) is 0 Å². The Hall–Kier alpha value is -2.00.